The number of hydrogen-bond donors (Lipinski definition) is 0. The van der Waals surface area contributed by atoms with E-state index in [0.717, 1.165) is 24.2 Å². The molecule has 1 unspecified atom stereocenters. The van der Waals surface area contributed by atoms with Crippen LogP contribution < -0.4 is 0 Å². The van der Waals surface area contributed by atoms with Crippen LogP contribution in [0.1, 0.15) is 24.2 Å². The van der Waals surface area contributed by atoms with E-state index >= 15 is 0 Å². The topological polar surface area (TPSA) is 13.1 Å². The Bertz CT molecular complexity index is 565. The molecule has 82 valence electrons. The summed E-state index contributed by atoms with van der Waals surface area (Å²) < 4.78 is 5.90. The van der Waals surface area contributed by atoms with Crippen molar-refractivity contribution in [1.29, 1.82) is 0 Å². The predicted molar refractivity (Wildman–Crippen MR) is 67.8 cm³/mol. The molecule has 1 aromatic heterocycles. The van der Waals surface area contributed by atoms with Crippen molar-refractivity contribution in [2.75, 3.05) is 0 Å². The average Bonchev–Trinajstić information content (AvgIpc) is 2.84. The molecule has 3 rings (SSSR count). The van der Waals surface area contributed by atoms with E-state index in [2.05, 4.69) is 37.3 Å². The van der Waals surface area contributed by atoms with Gasteiger partial charge in [-0.15, -0.1) is 11.6 Å². The number of para-hydroxylation sites is 1. The lowest BCUT2D eigenvalue weighted by Crippen LogP contribution is -1.81. The van der Waals surface area contributed by atoms with Crippen LogP contribution >= 0.6 is 11.6 Å². The zero-order valence-corrected chi connectivity index (χ0v) is 9.92. The molecule has 1 aliphatic rings. The number of alkyl halides is 1. The summed E-state index contributed by atoms with van der Waals surface area (Å²) in [6.45, 7) is 2.07. The van der Waals surface area contributed by atoms with Crippen molar-refractivity contribution in [3.05, 3.63) is 41.7 Å². The molecule has 16 heavy (non-hydrogen) atoms. The van der Waals surface area contributed by atoms with Crippen LogP contribution in [-0.2, 0) is 0 Å². The molecule has 0 saturated heterocycles. The molecule has 0 saturated carbocycles. The summed E-state index contributed by atoms with van der Waals surface area (Å²) in [5, 5.41) is 1.35. The highest BCUT2D eigenvalue weighted by molar-refractivity contribution is 6.22. The smallest absolute Gasteiger partial charge is 0.137 e. The van der Waals surface area contributed by atoms with Gasteiger partial charge in [0.05, 0.1) is 5.38 Å². The minimum atomic E-state index is 0.171. The second-order valence-corrected chi connectivity index (χ2v) is 4.91. The molecular formula is C14H13ClO. The minimum Gasteiger partial charge on any atom is -0.456 e. The number of aryl methyl sites for hydroxylation is 1. The average molecular weight is 233 g/mol. The van der Waals surface area contributed by atoms with Gasteiger partial charge in [-0.1, -0.05) is 24.3 Å². The van der Waals surface area contributed by atoms with Crippen LogP contribution in [0.5, 0.6) is 0 Å². The van der Waals surface area contributed by atoms with E-state index in [1.165, 1.54) is 16.5 Å². The lowest BCUT2D eigenvalue weighted by molar-refractivity contribution is 0.594. The SMILES string of the molecule is Cc1cccc2cc(C3=CC(Cl)CC3)oc12. The molecule has 0 bridgehead atoms. The summed E-state index contributed by atoms with van der Waals surface area (Å²) in [5.41, 5.74) is 3.43. The standard InChI is InChI=1S/C14H13ClO/c1-9-3-2-4-11-8-13(16-14(9)11)10-5-6-12(15)7-10/h2-4,7-8,12H,5-6H2,1H3. The number of allylic oxidation sites excluding steroid dienone is 2. The molecule has 1 heterocycles. The predicted octanol–water partition coefficient (Wildman–Crippen LogP) is 4.53. The van der Waals surface area contributed by atoms with Gasteiger partial charge in [0.25, 0.3) is 0 Å². The third-order valence-corrected chi connectivity index (χ3v) is 3.47. The normalized spacial score (nSPS) is 20.4. The summed E-state index contributed by atoms with van der Waals surface area (Å²) in [6, 6.07) is 8.33. The van der Waals surface area contributed by atoms with Crippen LogP contribution in [0.25, 0.3) is 16.5 Å². The van der Waals surface area contributed by atoms with Crippen molar-refractivity contribution in [2.24, 2.45) is 0 Å². The Morgan fingerprint density at radius 1 is 1.38 bits per heavy atom. The fourth-order valence-electron chi connectivity index (χ4n) is 2.25. The molecule has 0 fully saturated rings. The van der Waals surface area contributed by atoms with Crippen molar-refractivity contribution in [2.45, 2.75) is 25.1 Å². The van der Waals surface area contributed by atoms with E-state index in [4.69, 9.17) is 16.0 Å². The maximum atomic E-state index is 6.07. The molecule has 1 nitrogen and oxygen atoms in total. The Kier molecular flexibility index (Phi) is 2.29. The highest BCUT2D eigenvalue weighted by Gasteiger charge is 2.17. The Labute approximate surface area is 99.7 Å². The summed E-state index contributed by atoms with van der Waals surface area (Å²) in [4.78, 5) is 0. The van der Waals surface area contributed by atoms with Gasteiger partial charge in [-0.05, 0) is 37.0 Å². The minimum absolute atomic E-state index is 0.171. The number of hydrogen-bond acceptors (Lipinski definition) is 1. The van der Waals surface area contributed by atoms with Gasteiger partial charge in [-0.2, -0.15) is 0 Å². The van der Waals surface area contributed by atoms with Crippen LogP contribution in [-0.4, -0.2) is 5.38 Å². The van der Waals surface area contributed by atoms with Crippen LogP contribution in [0.15, 0.2) is 34.8 Å². The van der Waals surface area contributed by atoms with Crippen LogP contribution in [0.4, 0.5) is 0 Å². The fourth-order valence-corrected chi connectivity index (χ4v) is 2.51. The number of benzene rings is 1. The Hall–Kier alpha value is -1.21. The van der Waals surface area contributed by atoms with Gasteiger partial charge in [-0.3, -0.25) is 0 Å². The molecule has 0 radical (unpaired) electrons. The molecular weight excluding hydrogens is 220 g/mol. The number of halogens is 1. The van der Waals surface area contributed by atoms with Gasteiger partial charge in [-0.25, -0.2) is 0 Å². The second kappa shape index (κ2) is 3.67. The molecule has 0 spiro atoms. The fraction of sp³-hybridized carbons (Fsp3) is 0.286. The maximum absolute atomic E-state index is 6.07. The number of fused-ring (bicyclic) bond motifs is 1. The Balaban J connectivity index is 2.12. The largest absolute Gasteiger partial charge is 0.456 e. The molecule has 2 heteroatoms. The van der Waals surface area contributed by atoms with Gasteiger partial charge in [0.2, 0.25) is 0 Å². The Morgan fingerprint density at radius 2 is 2.25 bits per heavy atom. The lowest BCUT2D eigenvalue weighted by atomic mass is 10.1. The Morgan fingerprint density at radius 3 is 2.94 bits per heavy atom. The van der Waals surface area contributed by atoms with E-state index in [1.54, 1.807) is 0 Å². The van der Waals surface area contributed by atoms with E-state index in [9.17, 15) is 0 Å². The van der Waals surface area contributed by atoms with Gasteiger partial charge in [0.15, 0.2) is 0 Å². The highest BCUT2D eigenvalue weighted by atomic mass is 35.5. The van der Waals surface area contributed by atoms with E-state index < -0.39 is 0 Å². The summed E-state index contributed by atoms with van der Waals surface area (Å²) in [5.74, 6) is 0.979. The number of furan rings is 1. The molecule has 2 aromatic rings. The van der Waals surface area contributed by atoms with Crippen molar-refractivity contribution >= 4 is 28.1 Å². The van der Waals surface area contributed by atoms with Crippen molar-refractivity contribution in [3.8, 4) is 0 Å². The molecule has 1 atom stereocenters. The van der Waals surface area contributed by atoms with Gasteiger partial charge in [0, 0.05) is 5.39 Å². The summed E-state index contributed by atoms with van der Waals surface area (Å²) in [7, 11) is 0. The lowest BCUT2D eigenvalue weighted by Gasteiger charge is -1.94. The highest BCUT2D eigenvalue weighted by Crippen LogP contribution is 2.34. The van der Waals surface area contributed by atoms with Crippen molar-refractivity contribution in [1.82, 2.24) is 0 Å². The molecule has 0 N–H and O–H groups in total. The monoisotopic (exact) mass is 232 g/mol. The molecule has 0 amide bonds. The number of rotatable bonds is 1. The van der Waals surface area contributed by atoms with Gasteiger partial charge >= 0.3 is 0 Å². The van der Waals surface area contributed by atoms with Gasteiger partial charge in [0.1, 0.15) is 11.3 Å². The third-order valence-electron chi connectivity index (χ3n) is 3.13. The zero-order valence-electron chi connectivity index (χ0n) is 9.16. The van der Waals surface area contributed by atoms with Crippen LogP contribution in [0.3, 0.4) is 0 Å². The molecule has 1 aliphatic carbocycles. The first kappa shape index (κ1) is 9.98. The first-order chi connectivity index (χ1) is 7.74. The maximum Gasteiger partial charge on any atom is 0.137 e. The first-order valence-electron chi connectivity index (χ1n) is 5.58. The van der Waals surface area contributed by atoms with Crippen LogP contribution in [0, 0.1) is 6.92 Å². The second-order valence-electron chi connectivity index (χ2n) is 4.35. The van der Waals surface area contributed by atoms with Gasteiger partial charge < -0.3 is 4.42 Å². The van der Waals surface area contributed by atoms with Crippen LogP contribution in [0.2, 0.25) is 0 Å². The quantitative estimate of drug-likeness (QED) is 0.659. The van der Waals surface area contributed by atoms with E-state index in [1.807, 2.05) is 0 Å². The summed E-state index contributed by atoms with van der Waals surface area (Å²) in [6.07, 6.45) is 4.15. The van der Waals surface area contributed by atoms with E-state index in [0.29, 0.717) is 0 Å². The van der Waals surface area contributed by atoms with Crippen molar-refractivity contribution < 1.29 is 4.42 Å². The van der Waals surface area contributed by atoms with E-state index in [-0.39, 0.29) is 5.38 Å². The third kappa shape index (κ3) is 1.56. The zero-order chi connectivity index (χ0) is 11.1. The molecule has 0 aliphatic heterocycles. The first-order valence-corrected chi connectivity index (χ1v) is 6.02. The summed E-state index contributed by atoms with van der Waals surface area (Å²) >= 11 is 6.07. The van der Waals surface area contributed by atoms with Crippen molar-refractivity contribution in [3.63, 3.8) is 0 Å². The molecule has 1 aromatic carbocycles.